The van der Waals surface area contributed by atoms with Crippen molar-refractivity contribution in [2.24, 2.45) is 0 Å². The van der Waals surface area contributed by atoms with Crippen LogP contribution in [-0.4, -0.2) is 30.0 Å². The molecule has 1 saturated heterocycles. The number of aliphatic hydroxyl groups is 1. The number of hydrogen-bond donors (Lipinski definition) is 2. The Balaban J connectivity index is 1.42. The quantitative estimate of drug-likeness (QED) is 0.851. The van der Waals surface area contributed by atoms with E-state index >= 15 is 0 Å². The number of nitrogens with one attached hydrogen (secondary N) is 1. The summed E-state index contributed by atoms with van der Waals surface area (Å²) in [5.74, 6) is -0.383. The van der Waals surface area contributed by atoms with Crippen molar-refractivity contribution in [3.8, 4) is 0 Å². The molecule has 2 aromatic carbocycles. The molecular formula is C18H17NO4. The van der Waals surface area contributed by atoms with Crippen LogP contribution in [0.2, 0.25) is 0 Å². The van der Waals surface area contributed by atoms with Crippen molar-refractivity contribution in [3.05, 3.63) is 65.7 Å². The van der Waals surface area contributed by atoms with E-state index < -0.39 is 11.8 Å². The summed E-state index contributed by atoms with van der Waals surface area (Å²) in [6.45, 7) is 0.121. The van der Waals surface area contributed by atoms with Gasteiger partial charge in [0.05, 0.1) is 11.7 Å². The summed E-state index contributed by atoms with van der Waals surface area (Å²) >= 11 is 0. The van der Waals surface area contributed by atoms with Gasteiger partial charge in [0, 0.05) is 17.7 Å². The van der Waals surface area contributed by atoms with E-state index in [-0.39, 0.29) is 18.7 Å². The van der Waals surface area contributed by atoms with E-state index in [1.165, 1.54) is 0 Å². The lowest BCUT2D eigenvalue weighted by atomic mass is 9.91. The molecule has 2 aromatic rings. The molecule has 0 bridgehead atoms. The average molecular weight is 311 g/mol. The zero-order chi connectivity index (χ0) is 15.9. The van der Waals surface area contributed by atoms with Gasteiger partial charge in [0.2, 0.25) is 0 Å². The molecule has 1 fully saturated rings. The maximum atomic E-state index is 12.0. The summed E-state index contributed by atoms with van der Waals surface area (Å²) in [5.41, 5.74) is 1.16. The largest absolute Gasteiger partial charge is 0.459 e. The number of hydrogen-bond acceptors (Lipinski definition) is 5. The minimum atomic E-state index is -1.07. The molecule has 4 rings (SSSR count). The molecule has 3 atom stereocenters. The molecule has 2 heterocycles. The predicted molar refractivity (Wildman–Crippen MR) is 84.0 cm³/mol. The van der Waals surface area contributed by atoms with Gasteiger partial charge in [-0.15, -0.1) is 0 Å². The van der Waals surface area contributed by atoms with E-state index in [4.69, 9.17) is 9.47 Å². The van der Waals surface area contributed by atoms with E-state index in [0.29, 0.717) is 12.0 Å². The summed E-state index contributed by atoms with van der Waals surface area (Å²) in [5, 5.41) is 14.1. The van der Waals surface area contributed by atoms with Crippen LogP contribution in [0.25, 0.3) is 0 Å². The Morgan fingerprint density at radius 1 is 1.22 bits per heavy atom. The summed E-state index contributed by atoms with van der Waals surface area (Å²) in [6.07, 6.45) is -0.442. The van der Waals surface area contributed by atoms with Gasteiger partial charge in [0.25, 0.3) is 0 Å². The lowest BCUT2D eigenvalue weighted by molar-refractivity contribution is -0.0367. The molecule has 5 heteroatoms. The Labute approximate surface area is 133 Å². The first kappa shape index (κ1) is 14.2. The Bertz CT molecular complexity index is 733. The minimum absolute atomic E-state index is 0.121. The summed E-state index contributed by atoms with van der Waals surface area (Å²) in [4.78, 5) is 12.0. The monoisotopic (exact) mass is 311 g/mol. The third kappa shape index (κ3) is 2.38. The van der Waals surface area contributed by atoms with E-state index in [1.807, 2.05) is 30.3 Å². The summed E-state index contributed by atoms with van der Waals surface area (Å²) in [6, 6.07) is 16.4. The molecule has 23 heavy (non-hydrogen) atoms. The highest BCUT2D eigenvalue weighted by Gasteiger charge is 2.53. The number of rotatable bonds is 3. The first-order valence-corrected chi connectivity index (χ1v) is 7.63. The molecule has 0 radical (unpaired) electrons. The van der Waals surface area contributed by atoms with Gasteiger partial charge < -0.3 is 19.9 Å². The van der Waals surface area contributed by atoms with Crippen LogP contribution < -0.4 is 5.32 Å². The van der Waals surface area contributed by atoms with Gasteiger partial charge in [-0.05, 0) is 18.2 Å². The molecular weight excluding hydrogens is 294 g/mol. The van der Waals surface area contributed by atoms with Crippen molar-refractivity contribution >= 4 is 11.7 Å². The van der Waals surface area contributed by atoms with E-state index in [1.54, 1.807) is 24.3 Å². The predicted octanol–water partition coefficient (Wildman–Crippen LogP) is 2.27. The zero-order valence-corrected chi connectivity index (χ0v) is 12.4. The molecule has 0 aromatic heterocycles. The number of fused-ring (bicyclic) bond motifs is 3. The van der Waals surface area contributed by atoms with Crippen LogP contribution in [-0.2, 0) is 15.1 Å². The van der Waals surface area contributed by atoms with Crippen molar-refractivity contribution in [1.82, 2.24) is 0 Å². The van der Waals surface area contributed by atoms with E-state index in [0.717, 1.165) is 11.3 Å². The van der Waals surface area contributed by atoms with Crippen LogP contribution in [0.15, 0.2) is 54.6 Å². The normalized spacial score (nSPS) is 27.9. The van der Waals surface area contributed by atoms with Crippen molar-refractivity contribution in [3.63, 3.8) is 0 Å². The van der Waals surface area contributed by atoms with Crippen molar-refractivity contribution in [2.45, 2.75) is 24.4 Å². The van der Waals surface area contributed by atoms with Gasteiger partial charge in [-0.25, -0.2) is 4.79 Å². The van der Waals surface area contributed by atoms with Crippen molar-refractivity contribution in [2.75, 3.05) is 11.9 Å². The van der Waals surface area contributed by atoms with Crippen molar-refractivity contribution in [1.29, 1.82) is 0 Å². The Kier molecular flexibility index (Phi) is 3.32. The summed E-state index contributed by atoms with van der Waals surface area (Å²) in [7, 11) is 0. The topological polar surface area (TPSA) is 67.8 Å². The maximum absolute atomic E-state index is 12.0. The fourth-order valence-electron chi connectivity index (χ4n) is 3.26. The van der Waals surface area contributed by atoms with E-state index in [9.17, 15) is 9.90 Å². The second-order valence-electron chi connectivity index (χ2n) is 5.92. The Morgan fingerprint density at radius 3 is 2.78 bits per heavy atom. The molecule has 2 N–H and O–H groups in total. The fourth-order valence-corrected chi connectivity index (χ4v) is 3.26. The van der Waals surface area contributed by atoms with Crippen molar-refractivity contribution < 1.29 is 19.4 Å². The number of esters is 1. The van der Waals surface area contributed by atoms with E-state index in [2.05, 4.69) is 5.32 Å². The molecule has 0 aliphatic carbocycles. The molecule has 0 spiro atoms. The van der Waals surface area contributed by atoms with Gasteiger partial charge in [-0.1, -0.05) is 36.4 Å². The Hall–Kier alpha value is -2.37. The van der Waals surface area contributed by atoms with Gasteiger partial charge in [-0.2, -0.15) is 0 Å². The average Bonchev–Trinajstić information content (AvgIpc) is 3.04. The first-order chi connectivity index (χ1) is 11.2. The molecule has 5 nitrogen and oxygen atoms in total. The lowest BCUT2D eigenvalue weighted by Crippen LogP contribution is -2.33. The Morgan fingerprint density at radius 2 is 1.96 bits per heavy atom. The smallest absolute Gasteiger partial charge is 0.338 e. The van der Waals surface area contributed by atoms with Gasteiger partial charge in [0.1, 0.15) is 12.2 Å². The fraction of sp³-hybridized carbons (Fsp3) is 0.278. The maximum Gasteiger partial charge on any atom is 0.338 e. The molecule has 0 amide bonds. The lowest BCUT2D eigenvalue weighted by Gasteiger charge is -2.20. The number of carbonyl (C=O) groups is 1. The number of ether oxygens (including phenoxy) is 2. The van der Waals surface area contributed by atoms with Crippen LogP contribution in [0.5, 0.6) is 0 Å². The van der Waals surface area contributed by atoms with Gasteiger partial charge in [-0.3, -0.25) is 0 Å². The highest BCUT2D eigenvalue weighted by Crippen LogP contribution is 2.47. The number of benzene rings is 2. The van der Waals surface area contributed by atoms with Crippen LogP contribution in [0.1, 0.15) is 22.3 Å². The van der Waals surface area contributed by atoms with Gasteiger partial charge >= 0.3 is 5.97 Å². The third-order valence-electron chi connectivity index (χ3n) is 4.39. The number of carbonyl (C=O) groups excluding carboxylic acids is 1. The van der Waals surface area contributed by atoms with Crippen LogP contribution in [0.4, 0.5) is 5.69 Å². The molecule has 0 unspecified atom stereocenters. The molecule has 2 aliphatic heterocycles. The van der Waals surface area contributed by atoms with Crippen LogP contribution in [0.3, 0.4) is 0 Å². The second-order valence-corrected chi connectivity index (χ2v) is 5.92. The highest BCUT2D eigenvalue weighted by molar-refractivity contribution is 5.89. The molecule has 0 saturated carbocycles. The first-order valence-electron chi connectivity index (χ1n) is 7.63. The molecule has 2 aliphatic rings. The van der Waals surface area contributed by atoms with Crippen LogP contribution >= 0.6 is 0 Å². The van der Waals surface area contributed by atoms with Crippen LogP contribution in [0, 0.1) is 0 Å². The summed E-state index contributed by atoms with van der Waals surface area (Å²) < 4.78 is 11.1. The highest BCUT2D eigenvalue weighted by atomic mass is 16.6. The standard InChI is InChI=1S/C18H17NO4/c20-16(12-6-2-1-3-7-12)22-11-13-10-18(21)14-8-4-5-9-15(14)19-17(18)23-13/h1-9,13,17,19,21H,10-11H2/t13-,17+,18-/m0/s1. The molecule has 118 valence electrons. The van der Waals surface area contributed by atoms with Gasteiger partial charge in [0.15, 0.2) is 6.23 Å². The number of anilines is 1. The zero-order valence-electron chi connectivity index (χ0n) is 12.4. The SMILES string of the molecule is O=C(OC[C@@H]1C[C@]2(O)c3ccccc3N[C@@H]2O1)c1ccccc1. The number of para-hydroxylation sites is 1. The third-order valence-corrected chi connectivity index (χ3v) is 4.39. The minimum Gasteiger partial charge on any atom is -0.459 e. The second kappa shape index (κ2) is 5.37.